The lowest BCUT2D eigenvalue weighted by Gasteiger charge is -2.11. The fraction of sp³-hybridized carbons (Fsp3) is 0.0833. The average molecular weight is 492 g/mol. The summed E-state index contributed by atoms with van der Waals surface area (Å²) in [5.41, 5.74) is 6.07. The summed E-state index contributed by atoms with van der Waals surface area (Å²) in [7, 11) is 0. The number of alkyl halides is 3. The molecule has 3 N–H and O–H groups in total. The second-order valence-electron chi connectivity index (χ2n) is 7.06. The van der Waals surface area contributed by atoms with E-state index in [0.717, 1.165) is 11.6 Å². The number of anilines is 1. The van der Waals surface area contributed by atoms with Crippen LogP contribution in [0.3, 0.4) is 0 Å². The monoisotopic (exact) mass is 491 g/mol. The van der Waals surface area contributed by atoms with Gasteiger partial charge in [-0.2, -0.15) is 13.2 Å². The van der Waals surface area contributed by atoms with Crippen molar-refractivity contribution in [2.75, 3.05) is 5.32 Å². The van der Waals surface area contributed by atoms with E-state index in [1.54, 1.807) is 36.4 Å². The number of aliphatic imine (C=N–C) groups is 1. The topological polar surface area (TPSA) is 67.5 Å². The number of para-hydroxylation sites is 1. The van der Waals surface area contributed by atoms with Gasteiger partial charge in [0.15, 0.2) is 0 Å². The van der Waals surface area contributed by atoms with Gasteiger partial charge >= 0.3 is 6.18 Å². The first kappa shape index (κ1) is 24.4. The van der Waals surface area contributed by atoms with Crippen LogP contribution in [0.15, 0.2) is 83.5 Å². The fourth-order valence-electron chi connectivity index (χ4n) is 2.80. The number of aryl methyl sites for hydroxylation is 1. The van der Waals surface area contributed by atoms with Gasteiger partial charge in [-0.05, 0) is 55.0 Å². The van der Waals surface area contributed by atoms with Crippen LogP contribution in [0, 0.1) is 6.92 Å². The van der Waals surface area contributed by atoms with Crippen LogP contribution in [-0.2, 0) is 0 Å². The van der Waals surface area contributed by atoms with Gasteiger partial charge in [0.25, 0.3) is 5.91 Å². The maximum atomic E-state index is 13.0. The summed E-state index contributed by atoms with van der Waals surface area (Å²) in [4.78, 5) is 16.9. The normalized spacial score (nSPS) is 12.5. The summed E-state index contributed by atoms with van der Waals surface area (Å²) in [6.07, 6.45) is -4.00. The molecule has 4 nitrogen and oxygen atoms in total. The van der Waals surface area contributed by atoms with E-state index in [-0.39, 0.29) is 22.0 Å². The van der Waals surface area contributed by atoms with Crippen LogP contribution in [0.1, 0.15) is 21.5 Å². The Bertz CT molecular complexity index is 1240. The molecule has 3 aromatic carbocycles. The summed E-state index contributed by atoms with van der Waals surface area (Å²) in [6, 6.07) is 17.6. The first-order chi connectivity index (χ1) is 15.5. The Balaban J connectivity index is 1.94. The van der Waals surface area contributed by atoms with Crippen molar-refractivity contribution in [1.82, 2.24) is 0 Å². The summed E-state index contributed by atoms with van der Waals surface area (Å²) < 4.78 is 39.1. The van der Waals surface area contributed by atoms with Crippen molar-refractivity contribution < 1.29 is 18.0 Å². The van der Waals surface area contributed by atoms with Crippen molar-refractivity contribution in [2.24, 2.45) is 10.7 Å². The molecule has 0 saturated carbocycles. The zero-order valence-electron chi connectivity index (χ0n) is 17.3. The molecule has 0 unspecified atom stereocenters. The predicted molar refractivity (Wildman–Crippen MR) is 127 cm³/mol. The second kappa shape index (κ2) is 10.1. The molecule has 9 heteroatoms. The Kier molecular flexibility index (Phi) is 7.46. The number of hydrogen-bond acceptors (Lipinski definition) is 3. The third-order valence-corrected chi connectivity index (χ3v) is 5.18. The molecule has 0 aliphatic carbocycles. The van der Waals surface area contributed by atoms with Gasteiger partial charge in [0.1, 0.15) is 5.70 Å². The number of allylic oxidation sites excluding steroid dienone is 2. The maximum absolute atomic E-state index is 13.0. The number of rotatable bonds is 5. The molecule has 3 rings (SSSR count). The molecule has 0 fully saturated rings. The molecule has 0 aromatic heterocycles. The Morgan fingerprint density at radius 2 is 1.61 bits per heavy atom. The molecule has 0 atom stereocenters. The lowest BCUT2D eigenvalue weighted by atomic mass is 10.1. The summed E-state index contributed by atoms with van der Waals surface area (Å²) in [6.45, 7) is 1.86. The number of nitrogens with zero attached hydrogens (tertiary/aromatic N) is 1. The van der Waals surface area contributed by atoms with Crippen molar-refractivity contribution in [1.29, 1.82) is 0 Å². The van der Waals surface area contributed by atoms with Gasteiger partial charge < -0.3 is 11.1 Å². The number of carbonyl (C=O) groups is 1. The number of amides is 1. The van der Waals surface area contributed by atoms with E-state index in [0.29, 0.717) is 16.3 Å². The SMILES string of the molecule is Cc1ccc(Cl)c(NC(=O)c2ccc(C(/C=C(\N)C(F)(F)F)=Nc3ccccc3Cl)cc2)c1. The minimum absolute atomic E-state index is 0.0633. The fourth-order valence-corrected chi connectivity index (χ4v) is 3.15. The third kappa shape index (κ3) is 6.37. The van der Waals surface area contributed by atoms with E-state index < -0.39 is 17.8 Å². The molecule has 0 spiro atoms. The predicted octanol–water partition coefficient (Wildman–Crippen LogP) is 7.08. The van der Waals surface area contributed by atoms with Crippen LogP contribution in [-0.4, -0.2) is 17.8 Å². The van der Waals surface area contributed by atoms with Crippen LogP contribution in [0.25, 0.3) is 0 Å². The van der Waals surface area contributed by atoms with Crippen molar-refractivity contribution in [3.63, 3.8) is 0 Å². The van der Waals surface area contributed by atoms with E-state index in [2.05, 4.69) is 10.3 Å². The first-order valence-electron chi connectivity index (χ1n) is 9.60. The van der Waals surface area contributed by atoms with Gasteiger partial charge in [-0.15, -0.1) is 0 Å². The van der Waals surface area contributed by atoms with Crippen molar-refractivity contribution in [3.8, 4) is 0 Å². The molecule has 0 aliphatic rings. The minimum Gasteiger partial charge on any atom is -0.395 e. The molecule has 0 saturated heterocycles. The summed E-state index contributed by atoms with van der Waals surface area (Å²) in [5, 5.41) is 3.36. The molecule has 0 bridgehead atoms. The van der Waals surface area contributed by atoms with Crippen LogP contribution in [0.2, 0.25) is 10.0 Å². The van der Waals surface area contributed by atoms with E-state index in [1.165, 1.54) is 24.3 Å². The van der Waals surface area contributed by atoms with Gasteiger partial charge in [-0.1, -0.05) is 53.5 Å². The smallest absolute Gasteiger partial charge is 0.395 e. The van der Waals surface area contributed by atoms with Crippen molar-refractivity contribution >= 4 is 46.2 Å². The van der Waals surface area contributed by atoms with Crippen LogP contribution in [0.4, 0.5) is 24.5 Å². The Hall–Kier alpha value is -3.29. The summed E-state index contributed by atoms with van der Waals surface area (Å²) in [5.74, 6) is -0.427. The lowest BCUT2D eigenvalue weighted by Crippen LogP contribution is -2.21. The largest absolute Gasteiger partial charge is 0.430 e. The zero-order chi connectivity index (χ0) is 24.2. The molecule has 0 radical (unpaired) electrons. The van der Waals surface area contributed by atoms with Crippen LogP contribution < -0.4 is 11.1 Å². The molecule has 33 heavy (non-hydrogen) atoms. The number of hydrogen-bond donors (Lipinski definition) is 2. The highest BCUT2D eigenvalue weighted by Gasteiger charge is 2.31. The lowest BCUT2D eigenvalue weighted by molar-refractivity contribution is -0.0925. The molecule has 1 amide bonds. The summed E-state index contributed by atoms with van der Waals surface area (Å²) >= 11 is 12.2. The van der Waals surface area contributed by atoms with E-state index in [4.69, 9.17) is 28.9 Å². The number of carbonyl (C=O) groups excluding carboxylic acids is 1. The number of nitrogens with two attached hydrogens (primary N) is 1. The highest BCUT2D eigenvalue weighted by molar-refractivity contribution is 6.34. The van der Waals surface area contributed by atoms with Crippen LogP contribution >= 0.6 is 23.2 Å². The van der Waals surface area contributed by atoms with E-state index in [9.17, 15) is 18.0 Å². The zero-order valence-corrected chi connectivity index (χ0v) is 18.8. The van der Waals surface area contributed by atoms with E-state index in [1.807, 2.05) is 13.0 Å². The van der Waals surface area contributed by atoms with Gasteiger partial charge in [-0.3, -0.25) is 4.79 Å². The quantitative estimate of drug-likeness (QED) is 0.374. The van der Waals surface area contributed by atoms with Crippen molar-refractivity contribution in [3.05, 3.63) is 105 Å². The van der Waals surface area contributed by atoms with Crippen LogP contribution in [0.5, 0.6) is 0 Å². The standard InChI is InChI=1S/C24H18Cl2F3N3O/c1-14-6-11-18(26)21(12-14)32-23(33)16-9-7-15(8-10-16)20(13-22(30)24(27,28)29)31-19-5-3-2-4-17(19)25/h2-13H,30H2,1H3,(H,32,33)/b22-13-,31-20?. The Labute approximate surface area is 198 Å². The number of nitrogens with one attached hydrogen (secondary N) is 1. The maximum Gasteiger partial charge on any atom is 0.430 e. The second-order valence-corrected chi connectivity index (χ2v) is 7.88. The average Bonchev–Trinajstić information content (AvgIpc) is 2.76. The van der Waals surface area contributed by atoms with Crippen molar-refractivity contribution in [2.45, 2.75) is 13.1 Å². The Morgan fingerprint density at radius 1 is 0.970 bits per heavy atom. The number of benzene rings is 3. The molecule has 0 aliphatic heterocycles. The highest BCUT2D eigenvalue weighted by atomic mass is 35.5. The van der Waals surface area contributed by atoms with Gasteiger partial charge in [-0.25, -0.2) is 4.99 Å². The molecule has 0 heterocycles. The molecular weight excluding hydrogens is 474 g/mol. The Morgan fingerprint density at radius 3 is 2.24 bits per heavy atom. The minimum atomic E-state index is -4.73. The van der Waals surface area contributed by atoms with Gasteiger partial charge in [0, 0.05) is 11.1 Å². The first-order valence-corrected chi connectivity index (χ1v) is 10.4. The van der Waals surface area contributed by atoms with Gasteiger partial charge in [0.05, 0.1) is 27.1 Å². The third-order valence-electron chi connectivity index (χ3n) is 4.53. The molecule has 3 aromatic rings. The molecular formula is C24H18Cl2F3N3O. The molecule has 170 valence electrons. The van der Waals surface area contributed by atoms with Gasteiger partial charge in [0.2, 0.25) is 0 Å². The van der Waals surface area contributed by atoms with E-state index >= 15 is 0 Å². The highest BCUT2D eigenvalue weighted by Crippen LogP contribution is 2.27. The number of halogens is 5.